The number of thioether (sulfide) groups is 1. The van der Waals surface area contributed by atoms with Crippen LogP contribution in [0, 0.1) is 6.92 Å². The fourth-order valence-corrected chi connectivity index (χ4v) is 3.48. The quantitative estimate of drug-likeness (QED) is 0.921. The van der Waals surface area contributed by atoms with Gasteiger partial charge >= 0.3 is 0 Å². The molecule has 1 unspecified atom stereocenters. The van der Waals surface area contributed by atoms with Gasteiger partial charge in [0.2, 0.25) is 0 Å². The monoisotopic (exact) mass is 296 g/mol. The van der Waals surface area contributed by atoms with Gasteiger partial charge < -0.3 is 9.73 Å². The van der Waals surface area contributed by atoms with Gasteiger partial charge in [-0.25, -0.2) is 0 Å². The second kappa shape index (κ2) is 6.54. The highest BCUT2D eigenvalue weighted by Gasteiger charge is 2.20. The Morgan fingerprint density at radius 3 is 2.85 bits per heavy atom. The topological polar surface area (TPSA) is 28.4 Å². The van der Waals surface area contributed by atoms with E-state index in [2.05, 4.69) is 62.7 Å². The van der Waals surface area contributed by atoms with E-state index < -0.39 is 0 Å². The average molecular weight is 296 g/mol. The van der Waals surface area contributed by atoms with E-state index in [0.29, 0.717) is 6.04 Å². The molecule has 1 atom stereocenters. The molecule has 0 aliphatic carbocycles. The Morgan fingerprint density at radius 2 is 2.20 bits per heavy atom. The zero-order chi connectivity index (χ0) is 14.8. The number of nitrogens with one attached hydrogen (secondary N) is 1. The van der Waals surface area contributed by atoms with Crippen molar-refractivity contribution >= 4 is 11.8 Å². The van der Waals surface area contributed by atoms with E-state index in [4.69, 9.17) is 4.42 Å². The molecule has 1 aliphatic rings. The largest absolute Gasteiger partial charge is 0.465 e. The maximum atomic E-state index is 5.94. The molecule has 0 bridgehead atoms. The Morgan fingerprint density at radius 1 is 1.45 bits per heavy atom. The molecule has 0 saturated carbocycles. The lowest BCUT2D eigenvalue weighted by molar-refractivity contribution is 0.205. The molecule has 0 aromatic carbocycles. The predicted octanol–water partition coefficient (Wildman–Crippen LogP) is 3.41. The third-order valence-corrected chi connectivity index (χ3v) is 4.93. The Balaban J connectivity index is 1.96. The van der Waals surface area contributed by atoms with Crippen LogP contribution in [0.2, 0.25) is 0 Å². The summed E-state index contributed by atoms with van der Waals surface area (Å²) in [5.74, 6) is 4.63. The van der Waals surface area contributed by atoms with Gasteiger partial charge in [0.1, 0.15) is 11.5 Å². The van der Waals surface area contributed by atoms with Crippen LogP contribution in [0.4, 0.5) is 0 Å². The van der Waals surface area contributed by atoms with Gasteiger partial charge in [0, 0.05) is 41.7 Å². The first-order valence-electron chi connectivity index (χ1n) is 7.50. The second-order valence-corrected chi connectivity index (χ2v) is 7.94. The van der Waals surface area contributed by atoms with Crippen LogP contribution in [-0.2, 0) is 13.1 Å². The standard InChI is InChI=1S/C16H28N2OS/c1-12-11-20-7-6-18(12)10-15-8-14(13(2)19-15)9-17-16(3,4)5/h8,12,17H,6-7,9-11H2,1-5H3. The molecule has 1 N–H and O–H groups in total. The summed E-state index contributed by atoms with van der Waals surface area (Å²) >= 11 is 2.05. The Kier molecular flexibility index (Phi) is 5.21. The number of hydrogen-bond donors (Lipinski definition) is 1. The summed E-state index contributed by atoms with van der Waals surface area (Å²) in [7, 11) is 0. The number of nitrogens with zero attached hydrogens (tertiary/aromatic N) is 1. The predicted molar refractivity (Wildman–Crippen MR) is 87.2 cm³/mol. The molecule has 1 aromatic rings. The zero-order valence-electron chi connectivity index (χ0n) is 13.5. The van der Waals surface area contributed by atoms with Gasteiger partial charge in [-0.1, -0.05) is 0 Å². The van der Waals surface area contributed by atoms with Crippen molar-refractivity contribution in [2.75, 3.05) is 18.1 Å². The Hall–Kier alpha value is -0.450. The molecule has 3 nitrogen and oxygen atoms in total. The molecule has 0 amide bonds. The van der Waals surface area contributed by atoms with Crippen LogP contribution in [0.5, 0.6) is 0 Å². The summed E-state index contributed by atoms with van der Waals surface area (Å²) in [5.41, 5.74) is 1.43. The lowest BCUT2D eigenvalue weighted by Gasteiger charge is -2.32. The molecule has 0 spiro atoms. The third kappa shape index (κ3) is 4.54. The van der Waals surface area contributed by atoms with Crippen molar-refractivity contribution in [2.24, 2.45) is 0 Å². The molecular formula is C16H28N2OS. The first-order chi connectivity index (χ1) is 9.35. The van der Waals surface area contributed by atoms with Crippen molar-refractivity contribution in [3.8, 4) is 0 Å². The van der Waals surface area contributed by atoms with Crippen LogP contribution in [-0.4, -0.2) is 34.5 Å². The Labute approximate surface area is 127 Å². The van der Waals surface area contributed by atoms with E-state index in [-0.39, 0.29) is 5.54 Å². The molecule has 114 valence electrons. The van der Waals surface area contributed by atoms with E-state index in [1.54, 1.807) is 0 Å². The molecule has 1 fully saturated rings. The van der Waals surface area contributed by atoms with Crippen molar-refractivity contribution in [1.82, 2.24) is 10.2 Å². The van der Waals surface area contributed by atoms with E-state index in [1.165, 1.54) is 23.6 Å². The van der Waals surface area contributed by atoms with Crippen LogP contribution < -0.4 is 5.32 Å². The van der Waals surface area contributed by atoms with Gasteiger partial charge in [-0.3, -0.25) is 4.90 Å². The van der Waals surface area contributed by atoms with Crippen molar-refractivity contribution in [3.05, 3.63) is 23.2 Å². The lowest BCUT2D eigenvalue weighted by atomic mass is 10.1. The van der Waals surface area contributed by atoms with Gasteiger partial charge in [-0.05, 0) is 40.7 Å². The summed E-state index contributed by atoms with van der Waals surface area (Å²) in [6, 6.07) is 2.87. The van der Waals surface area contributed by atoms with E-state index in [0.717, 1.165) is 24.6 Å². The Bertz CT molecular complexity index is 436. The maximum absolute atomic E-state index is 5.94. The first-order valence-corrected chi connectivity index (χ1v) is 8.65. The van der Waals surface area contributed by atoms with Crippen molar-refractivity contribution < 1.29 is 4.42 Å². The minimum Gasteiger partial charge on any atom is -0.465 e. The van der Waals surface area contributed by atoms with Crippen LogP contribution in [0.3, 0.4) is 0 Å². The van der Waals surface area contributed by atoms with E-state index in [9.17, 15) is 0 Å². The SMILES string of the molecule is Cc1oc(CN2CCSCC2C)cc1CNC(C)(C)C. The third-order valence-electron chi connectivity index (χ3n) is 3.74. The second-order valence-electron chi connectivity index (χ2n) is 6.79. The van der Waals surface area contributed by atoms with Gasteiger partial charge in [0.25, 0.3) is 0 Å². The molecule has 20 heavy (non-hydrogen) atoms. The average Bonchev–Trinajstić information content (AvgIpc) is 2.69. The van der Waals surface area contributed by atoms with E-state index in [1.807, 2.05) is 0 Å². The molecular weight excluding hydrogens is 268 g/mol. The number of hydrogen-bond acceptors (Lipinski definition) is 4. The molecule has 2 rings (SSSR count). The van der Waals surface area contributed by atoms with E-state index >= 15 is 0 Å². The highest BCUT2D eigenvalue weighted by atomic mass is 32.2. The number of furan rings is 1. The normalized spacial score (nSPS) is 21.4. The fraction of sp³-hybridized carbons (Fsp3) is 0.750. The van der Waals surface area contributed by atoms with Gasteiger partial charge in [-0.15, -0.1) is 0 Å². The van der Waals surface area contributed by atoms with Gasteiger partial charge in [0.05, 0.1) is 6.54 Å². The molecule has 1 aliphatic heterocycles. The zero-order valence-corrected chi connectivity index (χ0v) is 14.3. The van der Waals surface area contributed by atoms with Crippen LogP contribution in [0.1, 0.15) is 44.8 Å². The van der Waals surface area contributed by atoms with Crippen molar-refractivity contribution in [2.45, 2.75) is 59.3 Å². The molecule has 0 radical (unpaired) electrons. The number of aryl methyl sites for hydroxylation is 1. The minimum atomic E-state index is 0.141. The fourth-order valence-electron chi connectivity index (χ4n) is 2.40. The smallest absolute Gasteiger partial charge is 0.118 e. The minimum absolute atomic E-state index is 0.141. The lowest BCUT2D eigenvalue weighted by Crippen LogP contribution is -2.39. The van der Waals surface area contributed by atoms with Crippen LogP contribution in [0.15, 0.2) is 10.5 Å². The molecule has 1 aromatic heterocycles. The summed E-state index contributed by atoms with van der Waals surface area (Å²) in [6.07, 6.45) is 0. The summed E-state index contributed by atoms with van der Waals surface area (Å²) < 4.78 is 5.94. The summed E-state index contributed by atoms with van der Waals surface area (Å²) in [4.78, 5) is 2.52. The highest BCUT2D eigenvalue weighted by molar-refractivity contribution is 7.99. The summed E-state index contributed by atoms with van der Waals surface area (Å²) in [6.45, 7) is 13.9. The van der Waals surface area contributed by atoms with Crippen LogP contribution in [0.25, 0.3) is 0 Å². The molecule has 4 heteroatoms. The first kappa shape index (κ1) is 15.9. The molecule has 2 heterocycles. The highest BCUT2D eigenvalue weighted by Crippen LogP contribution is 2.21. The summed E-state index contributed by atoms with van der Waals surface area (Å²) in [5, 5.41) is 3.53. The maximum Gasteiger partial charge on any atom is 0.118 e. The van der Waals surface area contributed by atoms with Crippen molar-refractivity contribution in [1.29, 1.82) is 0 Å². The van der Waals surface area contributed by atoms with Gasteiger partial charge in [0.15, 0.2) is 0 Å². The van der Waals surface area contributed by atoms with Crippen molar-refractivity contribution in [3.63, 3.8) is 0 Å². The van der Waals surface area contributed by atoms with Crippen LogP contribution >= 0.6 is 11.8 Å². The number of rotatable bonds is 4. The van der Waals surface area contributed by atoms with Gasteiger partial charge in [-0.2, -0.15) is 11.8 Å². The molecule has 1 saturated heterocycles.